The van der Waals surface area contributed by atoms with Gasteiger partial charge in [-0.25, -0.2) is 28.7 Å². The van der Waals surface area contributed by atoms with Gasteiger partial charge in [-0.3, -0.25) is 9.78 Å². The number of ether oxygens (including phenoxy) is 1. The van der Waals surface area contributed by atoms with E-state index in [1.807, 2.05) is 0 Å². The third-order valence-corrected chi connectivity index (χ3v) is 6.35. The maximum absolute atomic E-state index is 13.5. The summed E-state index contributed by atoms with van der Waals surface area (Å²) in [5.41, 5.74) is 1.59. The largest absolute Gasteiger partial charge is 0.495 e. The van der Waals surface area contributed by atoms with Crippen molar-refractivity contribution < 1.29 is 46.5 Å². The van der Waals surface area contributed by atoms with Crippen molar-refractivity contribution in [1.29, 1.82) is 0 Å². The fourth-order valence-corrected chi connectivity index (χ4v) is 4.36. The van der Waals surface area contributed by atoms with E-state index in [9.17, 15) is 31.9 Å². The molecule has 0 fully saturated rings. The fourth-order valence-electron chi connectivity index (χ4n) is 3.28. The molecule has 15 heteroatoms. The molecule has 1 atom stereocenters. The van der Waals surface area contributed by atoms with Crippen molar-refractivity contribution in [1.82, 2.24) is 15.3 Å². The van der Waals surface area contributed by atoms with E-state index in [0.29, 0.717) is 26.7 Å². The summed E-state index contributed by atoms with van der Waals surface area (Å²) in [7, 11) is 0. The lowest BCUT2D eigenvalue weighted by Crippen LogP contribution is -2.34. The number of benzene rings is 1. The van der Waals surface area contributed by atoms with Crippen molar-refractivity contribution in [2.45, 2.75) is 52.1 Å². The van der Waals surface area contributed by atoms with Crippen LogP contribution < -0.4 is 5.32 Å². The van der Waals surface area contributed by atoms with Crippen LogP contribution in [0, 0.1) is 12.7 Å². The highest BCUT2D eigenvalue weighted by atomic mass is 35.5. The zero-order chi connectivity index (χ0) is 29.6. The molecule has 0 aliphatic carbocycles. The van der Waals surface area contributed by atoms with Crippen LogP contribution in [0.3, 0.4) is 0 Å². The molecular formula is C25H22ClF4N3O6S. The molecule has 1 N–H and O–H groups in total. The smallest absolute Gasteiger partial charge is 0.363 e. The monoisotopic (exact) mass is 603 g/mol. The third-order valence-electron chi connectivity index (χ3n) is 5.04. The van der Waals surface area contributed by atoms with E-state index >= 15 is 0 Å². The van der Waals surface area contributed by atoms with E-state index in [1.165, 1.54) is 41.8 Å². The molecule has 0 radical (unpaired) electrons. The molecule has 40 heavy (non-hydrogen) atoms. The van der Waals surface area contributed by atoms with Gasteiger partial charge >= 0.3 is 18.1 Å². The summed E-state index contributed by atoms with van der Waals surface area (Å²) in [5.74, 6) is -5.09. The van der Waals surface area contributed by atoms with Crippen LogP contribution in [-0.2, 0) is 37.1 Å². The van der Waals surface area contributed by atoms with Gasteiger partial charge in [-0.1, -0.05) is 11.6 Å². The summed E-state index contributed by atoms with van der Waals surface area (Å²) in [6.45, 7) is 4.86. The van der Waals surface area contributed by atoms with E-state index in [0.717, 1.165) is 0 Å². The number of alkyl halides is 3. The highest BCUT2D eigenvalue weighted by molar-refractivity contribution is 7.15. The quantitative estimate of drug-likeness (QED) is 0.203. The lowest BCUT2D eigenvalue weighted by atomic mass is 10.1. The molecule has 3 aromatic rings. The van der Waals surface area contributed by atoms with Crippen LogP contribution in [0.5, 0.6) is 0 Å². The molecule has 3 rings (SSSR count). The van der Waals surface area contributed by atoms with Crippen LogP contribution in [-0.4, -0.2) is 46.2 Å². The number of nitrogens with zero attached hydrogens (tertiary/aromatic N) is 2. The van der Waals surface area contributed by atoms with Crippen molar-refractivity contribution >= 4 is 40.8 Å². The number of rotatable bonds is 9. The number of hydrogen-bond acceptors (Lipinski definition) is 9. The SMILES string of the molecule is Cc1sc(-c2ccc(F)c(Cl)c2)nc1C(=O)NCc1cc(CC(OC(C)C)C(=O)OOC(=O)C(F)(F)F)ccn1. The van der Waals surface area contributed by atoms with Crippen molar-refractivity contribution in [3.05, 3.63) is 69.2 Å². The number of pyridine rings is 1. The summed E-state index contributed by atoms with van der Waals surface area (Å²) in [6, 6.07) is 7.20. The molecule has 0 aliphatic heterocycles. The predicted octanol–water partition coefficient (Wildman–Crippen LogP) is 5.14. The van der Waals surface area contributed by atoms with Crippen LogP contribution in [0.15, 0.2) is 36.5 Å². The van der Waals surface area contributed by atoms with E-state index in [-0.39, 0.29) is 23.7 Å². The minimum Gasteiger partial charge on any atom is -0.363 e. The van der Waals surface area contributed by atoms with Gasteiger partial charge in [-0.05, 0) is 56.7 Å². The molecule has 2 heterocycles. The van der Waals surface area contributed by atoms with E-state index < -0.39 is 42.0 Å². The van der Waals surface area contributed by atoms with Crippen molar-refractivity contribution in [2.24, 2.45) is 0 Å². The van der Waals surface area contributed by atoms with Crippen molar-refractivity contribution in [2.75, 3.05) is 0 Å². The molecule has 9 nitrogen and oxygen atoms in total. The molecule has 1 unspecified atom stereocenters. The number of thiazole rings is 1. The normalized spacial score (nSPS) is 12.2. The van der Waals surface area contributed by atoms with Crippen LogP contribution in [0.2, 0.25) is 5.02 Å². The summed E-state index contributed by atoms with van der Waals surface area (Å²) >= 11 is 7.08. The molecule has 1 amide bonds. The summed E-state index contributed by atoms with van der Waals surface area (Å²) in [6.07, 6.45) is -6.01. The Morgan fingerprint density at radius 3 is 2.50 bits per heavy atom. The first-order valence-electron chi connectivity index (χ1n) is 11.5. The second-order valence-corrected chi connectivity index (χ2v) is 10.1. The van der Waals surface area contributed by atoms with Gasteiger partial charge < -0.3 is 10.1 Å². The Morgan fingerprint density at radius 2 is 1.85 bits per heavy atom. The standard InChI is InChI=1S/C25H22ClF4N3O6S/c1-12(2)37-19(23(35)38-39-24(36)25(28,29)30)9-14-6-7-31-16(8-14)11-32-21(34)20-13(3)40-22(33-20)15-4-5-18(27)17(26)10-15/h4-8,10,12,19H,9,11H2,1-3H3,(H,32,34). The minimum absolute atomic E-state index is 0.0231. The van der Waals surface area contributed by atoms with E-state index in [1.54, 1.807) is 26.8 Å². The number of carbonyl (C=O) groups is 3. The van der Waals surface area contributed by atoms with Crippen molar-refractivity contribution in [3.63, 3.8) is 0 Å². The second kappa shape index (κ2) is 13.2. The zero-order valence-corrected chi connectivity index (χ0v) is 22.7. The van der Waals surface area contributed by atoms with Crippen LogP contribution in [0.25, 0.3) is 10.6 Å². The second-order valence-electron chi connectivity index (χ2n) is 8.54. The lowest BCUT2D eigenvalue weighted by molar-refractivity contribution is -0.290. The molecule has 214 valence electrons. The zero-order valence-electron chi connectivity index (χ0n) is 21.2. The molecule has 0 spiro atoms. The molecule has 0 saturated heterocycles. The van der Waals surface area contributed by atoms with Crippen molar-refractivity contribution in [3.8, 4) is 10.6 Å². The van der Waals surface area contributed by atoms with Gasteiger partial charge in [0.25, 0.3) is 5.91 Å². The van der Waals surface area contributed by atoms with E-state index in [2.05, 4.69) is 25.1 Å². The Hall–Kier alpha value is -3.62. The highest BCUT2D eigenvalue weighted by Gasteiger charge is 2.43. The number of halogens is 5. The van der Waals surface area contributed by atoms with Crippen LogP contribution in [0.4, 0.5) is 17.6 Å². The summed E-state index contributed by atoms with van der Waals surface area (Å²) < 4.78 is 55.8. The third kappa shape index (κ3) is 8.44. The fraction of sp³-hybridized carbons (Fsp3) is 0.320. The topological polar surface area (TPSA) is 117 Å². The van der Waals surface area contributed by atoms with Crippen LogP contribution >= 0.6 is 22.9 Å². The first-order valence-corrected chi connectivity index (χ1v) is 12.7. The number of aromatic nitrogens is 2. The van der Waals surface area contributed by atoms with Gasteiger partial charge in [0.05, 0.1) is 23.4 Å². The highest BCUT2D eigenvalue weighted by Crippen LogP contribution is 2.30. The number of aryl methyl sites for hydroxylation is 1. The number of hydrogen-bond donors (Lipinski definition) is 1. The predicted molar refractivity (Wildman–Crippen MR) is 135 cm³/mol. The first kappa shape index (κ1) is 30.9. The Balaban J connectivity index is 1.65. The van der Waals surface area contributed by atoms with E-state index in [4.69, 9.17) is 16.3 Å². The van der Waals surface area contributed by atoms with Gasteiger partial charge in [0, 0.05) is 23.1 Å². The summed E-state index contributed by atoms with van der Waals surface area (Å²) in [5, 5.41) is 3.10. The molecule has 1 aromatic carbocycles. The molecule has 0 bridgehead atoms. The number of carbonyl (C=O) groups excluding carboxylic acids is 3. The number of nitrogens with one attached hydrogen (secondary N) is 1. The summed E-state index contributed by atoms with van der Waals surface area (Å²) in [4.78, 5) is 52.6. The maximum Gasteiger partial charge on any atom is 0.495 e. The average Bonchev–Trinajstić information content (AvgIpc) is 3.27. The van der Waals surface area contributed by atoms with Gasteiger partial charge in [-0.15, -0.1) is 11.3 Å². The van der Waals surface area contributed by atoms with Gasteiger partial charge in [0.15, 0.2) is 6.10 Å². The molecule has 0 aliphatic rings. The lowest BCUT2D eigenvalue weighted by Gasteiger charge is -2.18. The number of amides is 1. The average molecular weight is 604 g/mol. The molecular weight excluding hydrogens is 582 g/mol. The Labute approximate surface area is 234 Å². The van der Waals surface area contributed by atoms with Gasteiger partial charge in [0.2, 0.25) is 0 Å². The Morgan fingerprint density at radius 1 is 1.12 bits per heavy atom. The Bertz CT molecular complexity index is 1400. The maximum atomic E-state index is 13.5. The van der Waals surface area contributed by atoms with Gasteiger partial charge in [0.1, 0.15) is 16.5 Å². The van der Waals surface area contributed by atoms with Gasteiger partial charge in [-0.2, -0.15) is 13.2 Å². The van der Waals surface area contributed by atoms with Crippen LogP contribution in [0.1, 0.15) is 40.5 Å². The molecule has 0 saturated carbocycles. The minimum atomic E-state index is -5.34. The molecule has 2 aromatic heterocycles. The Kier molecular flexibility index (Phi) is 10.2. The first-order chi connectivity index (χ1) is 18.7.